The summed E-state index contributed by atoms with van der Waals surface area (Å²) in [4.78, 5) is 50.9. The highest BCUT2D eigenvalue weighted by Gasteiger charge is 2.30. The van der Waals surface area contributed by atoms with Crippen LogP contribution in [0.1, 0.15) is 105 Å². The van der Waals surface area contributed by atoms with Crippen LogP contribution in [0.3, 0.4) is 0 Å². The van der Waals surface area contributed by atoms with Crippen LogP contribution in [0.15, 0.2) is 0 Å². The van der Waals surface area contributed by atoms with Gasteiger partial charge in [-0.1, -0.05) is 79.1 Å². The first kappa shape index (κ1) is 31.9. The molecule has 9 nitrogen and oxygen atoms in total. The topological polar surface area (TPSA) is 142 Å². The molecule has 4 atom stereocenters. The van der Waals surface area contributed by atoms with E-state index in [1.807, 2.05) is 13.8 Å². The molecule has 6 N–H and O–H groups in total. The fourth-order valence-corrected chi connectivity index (χ4v) is 4.41. The van der Waals surface area contributed by atoms with E-state index in [9.17, 15) is 19.2 Å². The van der Waals surface area contributed by atoms with Crippen LogP contribution in [0.5, 0.6) is 0 Å². The van der Waals surface area contributed by atoms with Gasteiger partial charge < -0.3 is 27.0 Å². The summed E-state index contributed by atoms with van der Waals surface area (Å²) in [5, 5.41) is 11.1. The monoisotopic (exact) mass is 509 g/mol. The molecule has 1 heterocycles. The van der Waals surface area contributed by atoms with Crippen molar-refractivity contribution in [2.75, 3.05) is 13.1 Å². The number of carbonyl (C=O) groups is 4. The van der Waals surface area contributed by atoms with Crippen molar-refractivity contribution in [3.8, 4) is 0 Å². The molecule has 0 aliphatic carbocycles. The van der Waals surface area contributed by atoms with Crippen LogP contribution >= 0.6 is 0 Å². The Bertz CT molecular complexity index is 685. The molecule has 0 unspecified atom stereocenters. The quantitative estimate of drug-likeness (QED) is 0.229. The molecule has 0 saturated carbocycles. The third kappa shape index (κ3) is 13.2. The van der Waals surface area contributed by atoms with Crippen molar-refractivity contribution in [2.45, 2.75) is 123 Å². The summed E-state index contributed by atoms with van der Waals surface area (Å²) in [6.07, 6.45) is 11.0. The van der Waals surface area contributed by atoms with Crippen molar-refractivity contribution in [2.24, 2.45) is 17.6 Å². The normalized spacial score (nSPS) is 23.0. The number of rotatable bonds is 14. The largest absolute Gasteiger partial charge is 0.351 e. The molecule has 36 heavy (non-hydrogen) atoms. The molecule has 0 spiro atoms. The van der Waals surface area contributed by atoms with Gasteiger partial charge in [-0.2, -0.15) is 0 Å². The minimum Gasteiger partial charge on any atom is -0.351 e. The summed E-state index contributed by atoms with van der Waals surface area (Å²) in [7, 11) is 0. The summed E-state index contributed by atoms with van der Waals surface area (Å²) in [5.74, 6) is -0.809. The van der Waals surface area contributed by atoms with E-state index in [0.29, 0.717) is 25.8 Å². The minimum absolute atomic E-state index is 0.100. The highest BCUT2D eigenvalue weighted by atomic mass is 16.2. The van der Waals surface area contributed by atoms with Gasteiger partial charge in [0.15, 0.2) is 0 Å². The molecule has 1 fully saturated rings. The maximum Gasteiger partial charge on any atom is 0.243 e. The van der Waals surface area contributed by atoms with Gasteiger partial charge in [0.2, 0.25) is 23.6 Å². The molecule has 0 aromatic heterocycles. The average Bonchev–Trinajstić information content (AvgIpc) is 2.84. The molecular formula is C27H51N5O4. The van der Waals surface area contributed by atoms with Crippen LogP contribution in [0.25, 0.3) is 0 Å². The standard InChI is InChI=1S/C27H51N5O4/c1-5-20(4)13-10-8-6-7-9-11-14-21-17-23(33)29-18-24(34)31-22(15-12-16-28)26(35)32-25(19(2)3)27(36)30-21/h19-22,25H,5-18,28H2,1-4H3,(H,29,33)(H,30,36)(H,31,34)(H,32,35)/t20-,21+,22-,25-/m0/s1. The zero-order valence-corrected chi connectivity index (χ0v) is 23.0. The van der Waals surface area contributed by atoms with Crippen LogP contribution in [0.4, 0.5) is 0 Å². The number of carbonyl (C=O) groups excluding carboxylic acids is 4. The van der Waals surface area contributed by atoms with Crippen molar-refractivity contribution in [3.05, 3.63) is 0 Å². The smallest absolute Gasteiger partial charge is 0.243 e. The summed E-state index contributed by atoms with van der Waals surface area (Å²) < 4.78 is 0. The Balaban J connectivity index is 2.73. The Morgan fingerprint density at radius 2 is 1.47 bits per heavy atom. The summed E-state index contributed by atoms with van der Waals surface area (Å²) in [5.41, 5.74) is 5.58. The van der Waals surface area contributed by atoms with Crippen LogP contribution in [-0.2, 0) is 19.2 Å². The number of nitrogens with one attached hydrogen (secondary N) is 4. The fraction of sp³-hybridized carbons (Fsp3) is 0.852. The van der Waals surface area contributed by atoms with Crippen LogP contribution in [0, 0.1) is 11.8 Å². The Labute approximate surface area is 217 Å². The number of unbranched alkanes of at least 4 members (excludes halogenated alkanes) is 5. The molecule has 0 aromatic carbocycles. The van der Waals surface area contributed by atoms with Gasteiger partial charge in [-0.05, 0) is 37.6 Å². The third-order valence-electron chi connectivity index (χ3n) is 7.02. The molecule has 0 radical (unpaired) electrons. The molecule has 0 bridgehead atoms. The number of hydrogen-bond donors (Lipinski definition) is 5. The Hall–Kier alpha value is -2.16. The van der Waals surface area contributed by atoms with Gasteiger partial charge >= 0.3 is 0 Å². The highest BCUT2D eigenvalue weighted by molar-refractivity contribution is 5.94. The Morgan fingerprint density at radius 1 is 0.806 bits per heavy atom. The van der Waals surface area contributed by atoms with Crippen LogP contribution < -0.4 is 27.0 Å². The summed E-state index contributed by atoms with van der Waals surface area (Å²) in [6.45, 7) is 8.43. The van der Waals surface area contributed by atoms with E-state index < -0.39 is 23.9 Å². The second kappa shape index (κ2) is 18.1. The van der Waals surface area contributed by atoms with Crippen molar-refractivity contribution in [1.82, 2.24) is 21.3 Å². The maximum atomic E-state index is 13.1. The van der Waals surface area contributed by atoms with Crippen molar-refractivity contribution in [1.29, 1.82) is 0 Å². The predicted molar refractivity (Wildman–Crippen MR) is 143 cm³/mol. The molecule has 0 aromatic rings. The first-order valence-electron chi connectivity index (χ1n) is 14.0. The van der Waals surface area contributed by atoms with E-state index in [1.54, 1.807) is 0 Å². The second-order valence-corrected chi connectivity index (χ2v) is 10.7. The number of nitrogens with two attached hydrogens (primary N) is 1. The van der Waals surface area contributed by atoms with E-state index in [2.05, 4.69) is 35.1 Å². The maximum absolute atomic E-state index is 13.1. The number of amides is 4. The lowest BCUT2D eigenvalue weighted by atomic mass is 9.98. The van der Waals surface area contributed by atoms with Crippen LogP contribution in [0.2, 0.25) is 0 Å². The van der Waals surface area contributed by atoms with Crippen molar-refractivity contribution in [3.63, 3.8) is 0 Å². The van der Waals surface area contributed by atoms with Gasteiger partial charge in [-0.3, -0.25) is 19.2 Å². The first-order valence-corrected chi connectivity index (χ1v) is 14.0. The summed E-state index contributed by atoms with van der Waals surface area (Å²) >= 11 is 0. The lowest BCUT2D eigenvalue weighted by Gasteiger charge is -2.27. The third-order valence-corrected chi connectivity index (χ3v) is 7.02. The lowest BCUT2D eigenvalue weighted by molar-refractivity contribution is -0.133. The van der Waals surface area contributed by atoms with Crippen molar-refractivity contribution >= 4 is 23.6 Å². The zero-order valence-electron chi connectivity index (χ0n) is 23.0. The molecule has 1 rings (SSSR count). The van der Waals surface area contributed by atoms with Gasteiger partial charge in [0, 0.05) is 12.5 Å². The average molecular weight is 510 g/mol. The van der Waals surface area contributed by atoms with E-state index in [4.69, 9.17) is 5.73 Å². The predicted octanol–water partition coefficient (Wildman–Crippen LogP) is 2.52. The van der Waals surface area contributed by atoms with E-state index in [1.165, 1.54) is 32.1 Å². The zero-order chi connectivity index (χ0) is 26.9. The molecule has 4 amide bonds. The molecule has 9 heteroatoms. The van der Waals surface area contributed by atoms with Crippen LogP contribution in [-0.4, -0.2) is 54.8 Å². The molecular weight excluding hydrogens is 458 g/mol. The van der Waals surface area contributed by atoms with E-state index in [-0.39, 0.29) is 36.7 Å². The first-order chi connectivity index (χ1) is 17.2. The van der Waals surface area contributed by atoms with E-state index >= 15 is 0 Å². The van der Waals surface area contributed by atoms with Gasteiger partial charge in [0.25, 0.3) is 0 Å². The molecule has 1 aliphatic heterocycles. The fourth-order valence-electron chi connectivity index (χ4n) is 4.41. The van der Waals surface area contributed by atoms with Gasteiger partial charge in [0.1, 0.15) is 12.1 Å². The highest BCUT2D eigenvalue weighted by Crippen LogP contribution is 2.16. The van der Waals surface area contributed by atoms with Gasteiger partial charge in [0.05, 0.1) is 6.54 Å². The SMILES string of the molecule is CC[C@H](C)CCCCCCCC[C@@H]1CC(=O)NCC(=O)N[C@@H](CCCN)C(=O)N[C@@H](C(C)C)C(=O)N1. The Kier molecular flexibility index (Phi) is 16.1. The number of hydrogen-bond acceptors (Lipinski definition) is 5. The second-order valence-electron chi connectivity index (χ2n) is 10.7. The van der Waals surface area contributed by atoms with E-state index in [0.717, 1.165) is 25.2 Å². The minimum atomic E-state index is -0.811. The lowest BCUT2D eigenvalue weighted by Crippen LogP contribution is -2.56. The van der Waals surface area contributed by atoms with Gasteiger partial charge in [-0.25, -0.2) is 0 Å². The molecule has 1 aliphatic rings. The molecule has 1 saturated heterocycles. The molecule has 208 valence electrons. The van der Waals surface area contributed by atoms with Crippen molar-refractivity contribution < 1.29 is 19.2 Å². The Morgan fingerprint density at radius 3 is 2.11 bits per heavy atom. The summed E-state index contributed by atoms with van der Waals surface area (Å²) in [6, 6.07) is -1.92. The van der Waals surface area contributed by atoms with Gasteiger partial charge in [-0.15, -0.1) is 0 Å².